The minimum atomic E-state index is 0.499. The van der Waals surface area contributed by atoms with Gasteiger partial charge in [0.1, 0.15) is 22.3 Å². The second-order valence-corrected chi connectivity index (χ2v) is 19.3. The molecule has 354 valence electrons. The number of fused-ring (bicyclic) bond motifs is 14. The van der Waals surface area contributed by atoms with E-state index in [4.69, 9.17) is 28.8 Å². The summed E-state index contributed by atoms with van der Waals surface area (Å²) in [6, 6.07) is 82.1. The van der Waals surface area contributed by atoms with Crippen molar-refractivity contribution in [3.05, 3.63) is 243 Å². The minimum absolute atomic E-state index is 0.499. The smallest absolute Gasteiger partial charge is 0.166 e. The lowest BCUT2D eigenvalue weighted by Crippen LogP contribution is -2.02. The lowest BCUT2D eigenvalue weighted by atomic mass is 9.98. The zero-order valence-electron chi connectivity index (χ0n) is 40.6. The molecule has 0 radical (unpaired) electrons. The number of hydrogen-bond donors (Lipinski definition) is 0. The average molecular weight is 973 g/mol. The van der Waals surface area contributed by atoms with Gasteiger partial charge in [0.25, 0.3) is 0 Å². The summed E-state index contributed by atoms with van der Waals surface area (Å²) < 4.78 is 18.6. The van der Waals surface area contributed by atoms with Gasteiger partial charge in [-0.2, -0.15) is 0 Å². The van der Waals surface area contributed by atoms with E-state index in [-0.39, 0.29) is 0 Å². The predicted octanol–water partition coefficient (Wildman–Crippen LogP) is 17.6. The van der Waals surface area contributed by atoms with Gasteiger partial charge in [-0.3, -0.25) is 4.98 Å². The Morgan fingerprint density at radius 2 is 0.737 bits per heavy atom. The Kier molecular flexibility index (Phi) is 9.17. The number of furan rings is 2. The van der Waals surface area contributed by atoms with Gasteiger partial charge in [-0.15, -0.1) is 0 Å². The third-order valence-electron chi connectivity index (χ3n) is 15.0. The van der Waals surface area contributed by atoms with E-state index in [0.29, 0.717) is 23.2 Å². The Labute approximate surface area is 434 Å². The Morgan fingerprint density at radius 1 is 0.303 bits per heavy atom. The topological polar surface area (TPSA) is 87.7 Å². The highest BCUT2D eigenvalue weighted by atomic mass is 16.3. The number of nitrogens with zero attached hydrogens (tertiary/aromatic N) is 6. The van der Waals surface area contributed by atoms with Crippen LogP contribution in [-0.4, -0.2) is 29.1 Å². The molecule has 6 heterocycles. The van der Waals surface area contributed by atoms with Gasteiger partial charge in [0.05, 0.1) is 38.5 Å². The first kappa shape index (κ1) is 42.1. The van der Waals surface area contributed by atoms with Gasteiger partial charge in [0.2, 0.25) is 0 Å². The third kappa shape index (κ3) is 6.44. The van der Waals surface area contributed by atoms with Crippen molar-refractivity contribution in [3.8, 4) is 67.9 Å². The third-order valence-corrected chi connectivity index (χ3v) is 15.0. The van der Waals surface area contributed by atoms with E-state index in [1.54, 1.807) is 0 Å². The average Bonchev–Trinajstić information content (AvgIpc) is 4.26. The fraction of sp³-hybridized carbons (Fsp3) is 0. The summed E-state index contributed by atoms with van der Waals surface area (Å²) in [6.45, 7) is 0. The molecule has 0 amide bonds. The Hall–Kier alpha value is -10.4. The lowest BCUT2D eigenvalue weighted by Gasteiger charge is -2.13. The fourth-order valence-electron chi connectivity index (χ4n) is 11.6. The molecule has 0 saturated carbocycles. The highest BCUT2D eigenvalue weighted by Crippen LogP contribution is 2.45. The minimum Gasteiger partial charge on any atom is -0.455 e. The predicted molar refractivity (Wildman–Crippen MR) is 308 cm³/mol. The molecule has 0 saturated heterocycles. The van der Waals surface area contributed by atoms with Crippen LogP contribution in [0.5, 0.6) is 0 Å². The molecule has 6 aromatic heterocycles. The van der Waals surface area contributed by atoms with E-state index in [1.807, 2.05) is 66.9 Å². The largest absolute Gasteiger partial charge is 0.455 e. The maximum Gasteiger partial charge on any atom is 0.166 e. The van der Waals surface area contributed by atoms with E-state index in [0.717, 1.165) is 132 Å². The van der Waals surface area contributed by atoms with Crippen LogP contribution < -0.4 is 0 Å². The van der Waals surface area contributed by atoms with Gasteiger partial charge < -0.3 is 18.0 Å². The van der Waals surface area contributed by atoms with Gasteiger partial charge in [-0.05, 0) is 96.6 Å². The van der Waals surface area contributed by atoms with Crippen molar-refractivity contribution in [1.82, 2.24) is 29.1 Å². The number of pyridine rings is 1. The van der Waals surface area contributed by atoms with Crippen molar-refractivity contribution >= 4 is 87.5 Å². The second-order valence-electron chi connectivity index (χ2n) is 19.3. The molecule has 16 aromatic rings. The van der Waals surface area contributed by atoms with Crippen LogP contribution in [0.15, 0.2) is 252 Å². The monoisotopic (exact) mass is 972 g/mol. The molecule has 0 bridgehead atoms. The van der Waals surface area contributed by atoms with Gasteiger partial charge in [0, 0.05) is 77.7 Å². The first-order valence-corrected chi connectivity index (χ1v) is 25.4. The quantitative estimate of drug-likeness (QED) is 0.158. The molecule has 0 aliphatic heterocycles. The first-order valence-electron chi connectivity index (χ1n) is 25.4. The highest BCUT2D eigenvalue weighted by Gasteiger charge is 2.24. The van der Waals surface area contributed by atoms with E-state index < -0.39 is 0 Å². The Morgan fingerprint density at radius 3 is 1.26 bits per heavy atom. The van der Waals surface area contributed by atoms with Crippen LogP contribution in [0.1, 0.15) is 0 Å². The van der Waals surface area contributed by atoms with Crippen LogP contribution in [0.4, 0.5) is 0 Å². The SMILES string of the molecule is c1ccc(-c2nc(-c3ccccc3)nc(-c3cc(-c4ccc5c(c4)oc4c5ccc5c4c4ccccc4n5-c4ccccc4)cnc3-c3ccc4c(c3)oc3c4ccc4c3c3ccccc3n4-c3ccccc3)n2)cc1. The fourth-order valence-corrected chi connectivity index (χ4v) is 11.6. The van der Waals surface area contributed by atoms with Gasteiger partial charge >= 0.3 is 0 Å². The molecule has 0 aliphatic rings. The summed E-state index contributed by atoms with van der Waals surface area (Å²) in [5, 5.41) is 8.62. The van der Waals surface area contributed by atoms with Gasteiger partial charge in [-0.25, -0.2) is 15.0 Å². The van der Waals surface area contributed by atoms with Crippen molar-refractivity contribution in [2.45, 2.75) is 0 Å². The molecule has 0 aliphatic carbocycles. The van der Waals surface area contributed by atoms with Crippen LogP contribution in [0.25, 0.3) is 155 Å². The molecule has 0 spiro atoms. The summed E-state index contributed by atoms with van der Waals surface area (Å²) in [5.41, 5.74) is 15.8. The molecule has 0 atom stereocenters. The molecular formula is C68H40N6O2. The maximum absolute atomic E-state index is 7.02. The summed E-state index contributed by atoms with van der Waals surface area (Å²) in [4.78, 5) is 20.9. The van der Waals surface area contributed by atoms with Crippen LogP contribution in [0.2, 0.25) is 0 Å². The first-order chi connectivity index (χ1) is 37.7. The summed E-state index contributed by atoms with van der Waals surface area (Å²) in [7, 11) is 0. The molecule has 76 heavy (non-hydrogen) atoms. The number of hydrogen-bond acceptors (Lipinski definition) is 6. The molecule has 8 heteroatoms. The van der Waals surface area contributed by atoms with Crippen LogP contribution in [-0.2, 0) is 0 Å². The van der Waals surface area contributed by atoms with Crippen molar-refractivity contribution in [2.75, 3.05) is 0 Å². The molecule has 10 aromatic carbocycles. The number of rotatable bonds is 7. The molecule has 16 rings (SSSR count). The molecule has 8 nitrogen and oxygen atoms in total. The summed E-state index contributed by atoms with van der Waals surface area (Å²) in [6.07, 6.45) is 1.94. The van der Waals surface area contributed by atoms with Crippen molar-refractivity contribution < 1.29 is 8.83 Å². The molecule has 0 N–H and O–H groups in total. The van der Waals surface area contributed by atoms with E-state index in [1.165, 1.54) is 0 Å². The van der Waals surface area contributed by atoms with Crippen molar-refractivity contribution in [1.29, 1.82) is 0 Å². The van der Waals surface area contributed by atoms with Gasteiger partial charge in [0.15, 0.2) is 17.5 Å². The lowest BCUT2D eigenvalue weighted by molar-refractivity contribution is 0.672. The molecule has 0 fully saturated rings. The molecule has 0 unspecified atom stereocenters. The number of aromatic nitrogens is 6. The maximum atomic E-state index is 7.02. The second kappa shape index (κ2) is 16.5. The van der Waals surface area contributed by atoms with Crippen LogP contribution in [0, 0.1) is 0 Å². The summed E-state index contributed by atoms with van der Waals surface area (Å²) >= 11 is 0. The Bertz CT molecular complexity index is 4920. The Balaban J connectivity index is 0.895. The van der Waals surface area contributed by atoms with Crippen molar-refractivity contribution in [2.24, 2.45) is 0 Å². The summed E-state index contributed by atoms with van der Waals surface area (Å²) in [5.74, 6) is 1.63. The zero-order chi connectivity index (χ0) is 49.8. The van der Waals surface area contributed by atoms with Gasteiger partial charge in [-0.1, -0.05) is 146 Å². The van der Waals surface area contributed by atoms with Crippen LogP contribution in [0.3, 0.4) is 0 Å². The van der Waals surface area contributed by atoms with E-state index >= 15 is 0 Å². The van der Waals surface area contributed by atoms with E-state index in [9.17, 15) is 0 Å². The zero-order valence-corrected chi connectivity index (χ0v) is 40.6. The molecular weight excluding hydrogens is 933 g/mol. The van der Waals surface area contributed by atoms with Crippen LogP contribution >= 0.6 is 0 Å². The van der Waals surface area contributed by atoms with E-state index in [2.05, 4.69) is 185 Å². The highest BCUT2D eigenvalue weighted by molar-refractivity contribution is 6.25. The normalized spacial score (nSPS) is 11.9. The number of benzene rings is 10. The number of para-hydroxylation sites is 4. The van der Waals surface area contributed by atoms with Crippen molar-refractivity contribution in [3.63, 3.8) is 0 Å². The standard InChI is InChI=1S/C68H40N6O2/c1-5-17-41(18-6-1)66-70-67(42-19-7-2-8-20-42)72-68(71-66)54-37-45(43-29-31-48-50-33-35-57-61(64(50)75-59(48)38-43)52-25-13-15-27-55(52)73(57)46-21-9-3-10-22-46)40-69-63(54)44-30-32-49-51-34-36-58-62(65(51)76-60(49)39-44)53-26-14-16-28-56(53)74(58)47-23-11-4-12-24-47/h1-40H.